The summed E-state index contributed by atoms with van der Waals surface area (Å²) in [5.74, 6) is -2.83. The summed E-state index contributed by atoms with van der Waals surface area (Å²) in [5.41, 5.74) is 3.40. The number of aryl methyl sites for hydroxylation is 3. The largest absolute Gasteiger partial charge is 0.309 e. The Morgan fingerprint density at radius 2 is 2.09 bits per heavy atom. The summed E-state index contributed by atoms with van der Waals surface area (Å²) in [6.07, 6.45) is 1.75. The molecule has 1 atom stereocenters. The first-order valence-electron chi connectivity index (χ1n) is 7.94. The van der Waals surface area contributed by atoms with Crippen LogP contribution in [0, 0.1) is 24.4 Å². The van der Waals surface area contributed by atoms with E-state index in [1.807, 2.05) is 11.6 Å². The number of benzene rings is 1. The van der Waals surface area contributed by atoms with E-state index in [0.29, 0.717) is 12.5 Å². The number of nitrogens with one attached hydrogen (secondary N) is 1. The van der Waals surface area contributed by atoms with Crippen molar-refractivity contribution in [3.05, 3.63) is 52.1 Å². The summed E-state index contributed by atoms with van der Waals surface area (Å²) in [4.78, 5) is 0. The maximum atomic E-state index is 13.8. The van der Waals surface area contributed by atoms with Crippen LogP contribution in [0.5, 0.6) is 0 Å². The molecule has 0 saturated carbocycles. The third kappa shape index (κ3) is 3.00. The van der Waals surface area contributed by atoms with Crippen LogP contribution in [0.4, 0.5) is 13.2 Å². The highest BCUT2D eigenvalue weighted by molar-refractivity contribution is 5.32. The van der Waals surface area contributed by atoms with Crippen molar-refractivity contribution >= 4 is 0 Å². The van der Waals surface area contributed by atoms with Crippen molar-refractivity contribution in [2.45, 2.75) is 45.7 Å². The molecule has 1 aromatic heterocycles. The molecule has 2 heterocycles. The van der Waals surface area contributed by atoms with Gasteiger partial charge >= 0.3 is 0 Å². The van der Waals surface area contributed by atoms with Gasteiger partial charge in [0.1, 0.15) is 5.82 Å². The number of fused-ring (bicyclic) bond motifs is 1. The molecule has 0 fully saturated rings. The van der Waals surface area contributed by atoms with E-state index in [4.69, 9.17) is 0 Å². The first-order valence-corrected chi connectivity index (χ1v) is 7.94. The van der Waals surface area contributed by atoms with Crippen LogP contribution in [0.2, 0.25) is 0 Å². The second kappa shape index (κ2) is 6.35. The Labute approximate surface area is 133 Å². The van der Waals surface area contributed by atoms with Crippen molar-refractivity contribution in [1.82, 2.24) is 15.1 Å². The first-order chi connectivity index (χ1) is 11.0. The Hall–Kier alpha value is -1.82. The molecule has 3 rings (SSSR count). The molecule has 0 amide bonds. The molecule has 6 heteroatoms. The molecule has 3 nitrogen and oxygen atoms in total. The van der Waals surface area contributed by atoms with Gasteiger partial charge in [-0.2, -0.15) is 5.10 Å². The van der Waals surface area contributed by atoms with Gasteiger partial charge in [0.15, 0.2) is 11.6 Å². The molecule has 23 heavy (non-hydrogen) atoms. The molecule has 0 unspecified atom stereocenters. The number of halogens is 3. The van der Waals surface area contributed by atoms with Crippen LogP contribution >= 0.6 is 0 Å². The lowest BCUT2D eigenvalue weighted by Gasteiger charge is -2.25. The summed E-state index contributed by atoms with van der Waals surface area (Å²) in [5, 5.41) is 7.95. The normalized spacial score (nSPS) is 17.3. The summed E-state index contributed by atoms with van der Waals surface area (Å²) in [7, 11) is 0. The quantitative estimate of drug-likeness (QED) is 0.874. The van der Waals surface area contributed by atoms with E-state index in [0.717, 1.165) is 36.8 Å². The molecule has 0 spiro atoms. The fraction of sp³-hybridized carbons (Fsp3) is 0.471. The topological polar surface area (TPSA) is 29.9 Å². The molecule has 0 aliphatic carbocycles. The number of rotatable bonds is 4. The monoisotopic (exact) mass is 323 g/mol. The molecule has 1 N–H and O–H groups in total. The van der Waals surface area contributed by atoms with Gasteiger partial charge in [-0.25, -0.2) is 13.2 Å². The van der Waals surface area contributed by atoms with Crippen molar-refractivity contribution in [3.63, 3.8) is 0 Å². The second-order valence-corrected chi connectivity index (χ2v) is 5.92. The van der Waals surface area contributed by atoms with E-state index in [9.17, 15) is 13.2 Å². The van der Waals surface area contributed by atoms with Crippen molar-refractivity contribution in [1.29, 1.82) is 0 Å². The zero-order valence-corrected chi connectivity index (χ0v) is 13.3. The van der Waals surface area contributed by atoms with Gasteiger partial charge in [0, 0.05) is 42.9 Å². The molecule has 1 aliphatic rings. The third-order valence-corrected chi connectivity index (χ3v) is 4.45. The smallest absolute Gasteiger partial charge is 0.162 e. The van der Waals surface area contributed by atoms with Gasteiger partial charge in [-0.1, -0.05) is 0 Å². The van der Waals surface area contributed by atoms with Crippen LogP contribution in [0.1, 0.15) is 41.9 Å². The molecule has 0 saturated heterocycles. The number of hydrogen-bond acceptors (Lipinski definition) is 2. The lowest BCUT2D eigenvalue weighted by molar-refractivity contribution is 0.448. The fourth-order valence-electron chi connectivity index (χ4n) is 3.43. The predicted octanol–water partition coefficient (Wildman–Crippen LogP) is 3.45. The van der Waals surface area contributed by atoms with E-state index in [1.54, 1.807) is 0 Å². The van der Waals surface area contributed by atoms with E-state index in [1.165, 1.54) is 5.69 Å². The number of aromatic nitrogens is 2. The lowest BCUT2D eigenvalue weighted by Crippen LogP contribution is -2.31. The van der Waals surface area contributed by atoms with Gasteiger partial charge in [0.25, 0.3) is 0 Å². The minimum atomic E-state index is -1.13. The van der Waals surface area contributed by atoms with Crippen LogP contribution in [-0.2, 0) is 19.4 Å². The van der Waals surface area contributed by atoms with Gasteiger partial charge in [-0.3, -0.25) is 4.68 Å². The van der Waals surface area contributed by atoms with Crippen LogP contribution in [0.15, 0.2) is 12.1 Å². The Balaban J connectivity index is 1.82. The maximum absolute atomic E-state index is 13.8. The zero-order valence-electron chi connectivity index (χ0n) is 13.3. The van der Waals surface area contributed by atoms with Gasteiger partial charge < -0.3 is 5.32 Å². The first kappa shape index (κ1) is 16.1. The Kier molecular flexibility index (Phi) is 4.43. The van der Waals surface area contributed by atoms with Crippen molar-refractivity contribution in [3.8, 4) is 0 Å². The molecule has 0 bridgehead atoms. The summed E-state index contributed by atoms with van der Waals surface area (Å²) in [6.45, 7) is 5.65. The molecule has 124 valence electrons. The Morgan fingerprint density at radius 3 is 2.83 bits per heavy atom. The van der Waals surface area contributed by atoms with Crippen LogP contribution in [-0.4, -0.2) is 16.3 Å². The molecule has 0 radical (unpaired) electrons. The Morgan fingerprint density at radius 1 is 1.30 bits per heavy atom. The molecule has 2 aromatic rings. The number of nitrogens with zero attached hydrogens (tertiary/aromatic N) is 2. The SMILES string of the molecule is CCn1nc(C)c2c1CCN[C@H]2CCc1cc(F)cc(F)c1F. The van der Waals surface area contributed by atoms with E-state index >= 15 is 0 Å². The van der Waals surface area contributed by atoms with Crippen molar-refractivity contribution < 1.29 is 13.2 Å². The molecular weight excluding hydrogens is 303 g/mol. The van der Waals surface area contributed by atoms with Crippen molar-refractivity contribution in [2.24, 2.45) is 0 Å². The highest BCUT2D eigenvalue weighted by atomic mass is 19.2. The van der Waals surface area contributed by atoms with Gasteiger partial charge in [-0.15, -0.1) is 0 Å². The summed E-state index contributed by atoms with van der Waals surface area (Å²) < 4.78 is 42.4. The minimum absolute atomic E-state index is 0.0322. The number of hydrogen-bond donors (Lipinski definition) is 1. The molecular formula is C17H20F3N3. The Bertz CT molecular complexity index is 724. The van der Waals surface area contributed by atoms with Crippen molar-refractivity contribution in [2.75, 3.05) is 6.54 Å². The highest BCUT2D eigenvalue weighted by Gasteiger charge is 2.26. The standard InChI is InChI=1S/C17H20F3N3/c1-3-23-15-6-7-21-14(16(15)10(2)22-23)5-4-11-8-12(18)9-13(19)17(11)20/h8-9,14,21H,3-7H2,1-2H3/t14-/m0/s1. The van der Waals surface area contributed by atoms with E-state index in [2.05, 4.69) is 17.3 Å². The third-order valence-electron chi connectivity index (χ3n) is 4.45. The maximum Gasteiger partial charge on any atom is 0.162 e. The van der Waals surface area contributed by atoms with Crippen LogP contribution in [0.3, 0.4) is 0 Å². The van der Waals surface area contributed by atoms with Gasteiger partial charge in [-0.05, 0) is 38.3 Å². The average molecular weight is 323 g/mol. The summed E-state index contributed by atoms with van der Waals surface area (Å²) >= 11 is 0. The minimum Gasteiger partial charge on any atom is -0.309 e. The van der Waals surface area contributed by atoms with Crippen LogP contribution < -0.4 is 5.32 Å². The molecule has 1 aromatic carbocycles. The average Bonchev–Trinajstić information content (AvgIpc) is 2.86. The zero-order chi connectivity index (χ0) is 16.6. The fourth-order valence-corrected chi connectivity index (χ4v) is 3.43. The van der Waals surface area contributed by atoms with E-state index < -0.39 is 17.5 Å². The predicted molar refractivity (Wildman–Crippen MR) is 81.7 cm³/mol. The van der Waals surface area contributed by atoms with E-state index in [-0.39, 0.29) is 18.0 Å². The lowest BCUT2D eigenvalue weighted by atomic mass is 9.93. The van der Waals surface area contributed by atoms with Gasteiger partial charge in [0.2, 0.25) is 0 Å². The van der Waals surface area contributed by atoms with Crippen LogP contribution in [0.25, 0.3) is 0 Å². The summed E-state index contributed by atoms with van der Waals surface area (Å²) in [6, 6.07) is 1.68. The molecule has 1 aliphatic heterocycles. The second-order valence-electron chi connectivity index (χ2n) is 5.92. The van der Waals surface area contributed by atoms with Gasteiger partial charge in [0.05, 0.1) is 5.69 Å². The highest BCUT2D eigenvalue weighted by Crippen LogP contribution is 2.30.